The molecule has 1 aliphatic heterocycles. The Balaban J connectivity index is 1.55. The predicted octanol–water partition coefficient (Wildman–Crippen LogP) is 2.54. The number of ether oxygens (including phenoxy) is 1. The molecule has 2 heterocycles. The third-order valence-electron chi connectivity index (χ3n) is 4.05. The first-order chi connectivity index (χ1) is 11.0. The zero-order valence-electron chi connectivity index (χ0n) is 13.2. The number of rotatable bonds is 5. The Morgan fingerprint density at radius 3 is 2.91 bits per heavy atom. The van der Waals surface area contributed by atoms with Crippen LogP contribution in [0.1, 0.15) is 17.8 Å². The minimum Gasteiger partial charge on any atom is -0.490 e. The van der Waals surface area contributed by atoms with E-state index in [1.807, 2.05) is 25.1 Å². The quantitative estimate of drug-likeness (QED) is 0.921. The van der Waals surface area contributed by atoms with Crippen LogP contribution >= 0.6 is 0 Å². The monoisotopic (exact) mass is 316 g/mol. The van der Waals surface area contributed by atoms with E-state index in [1.54, 1.807) is 12.1 Å². The summed E-state index contributed by atoms with van der Waals surface area (Å²) in [5, 5.41) is 10.6. The minimum atomic E-state index is -0.907. The smallest absolute Gasteiger partial charge is 0.126 e. The maximum atomic E-state index is 13.1. The molecular formula is C18H21FN2O2. The Labute approximate surface area is 135 Å². The fraction of sp³-hybridized carbons (Fsp3) is 0.389. The van der Waals surface area contributed by atoms with E-state index in [-0.39, 0.29) is 12.4 Å². The molecule has 0 unspecified atom stereocenters. The van der Waals surface area contributed by atoms with E-state index in [4.69, 9.17) is 4.74 Å². The van der Waals surface area contributed by atoms with Gasteiger partial charge in [0.15, 0.2) is 0 Å². The highest BCUT2D eigenvalue weighted by molar-refractivity contribution is 5.22. The molecule has 1 aromatic heterocycles. The van der Waals surface area contributed by atoms with Crippen molar-refractivity contribution in [2.45, 2.75) is 25.5 Å². The van der Waals surface area contributed by atoms with Crippen molar-refractivity contribution < 1.29 is 14.2 Å². The largest absolute Gasteiger partial charge is 0.490 e. The number of aryl methyl sites for hydroxylation is 1. The van der Waals surface area contributed by atoms with Gasteiger partial charge < -0.3 is 9.84 Å². The second kappa shape index (κ2) is 6.64. The van der Waals surface area contributed by atoms with Crippen molar-refractivity contribution in [3.8, 4) is 5.75 Å². The highest BCUT2D eigenvalue weighted by Crippen LogP contribution is 2.24. The Morgan fingerprint density at radius 2 is 2.13 bits per heavy atom. The van der Waals surface area contributed by atoms with E-state index >= 15 is 0 Å². The average Bonchev–Trinajstić information content (AvgIpc) is 2.87. The topological polar surface area (TPSA) is 45.6 Å². The maximum absolute atomic E-state index is 13.1. The molecule has 1 N–H and O–H groups in total. The molecule has 1 saturated heterocycles. The van der Waals surface area contributed by atoms with Crippen LogP contribution in [0.3, 0.4) is 0 Å². The second-order valence-corrected chi connectivity index (χ2v) is 6.20. The summed E-state index contributed by atoms with van der Waals surface area (Å²) < 4.78 is 18.7. The van der Waals surface area contributed by atoms with Gasteiger partial charge in [-0.25, -0.2) is 4.39 Å². The molecule has 0 saturated carbocycles. The molecule has 1 atom stereocenters. The first kappa shape index (κ1) is 15.9. The number of β-amino-alcohol motifs (C(OH)–C–C–N with tert-alkyl or cyclic N) is 1. The number of aliphatic hydroxyl groups is 1. The molecular weight excluding hydrogens is 295 g/mol. The lowest BCUT2D eigenvalue weighted by Crippen LogP contribution is -2.39. The molecule has 1 aromatic carbocycles. The lowest BCUT2D eigenvalue weighted by Gasteiger charge is -2.23. The fourth-order valence-corrected chi connectivity index (χ4v) is 2.88. The molecule has 122 valence electrons. The van der Waals surface area contributed by atoms with Crippen molar-refractivity contribution in [2.75, 3.05) is 19.7 Å². The molecule has 1 aliphatic rings. The first-order valence-electron chi connectivity index (χ1n) is 7.78. The van der Waals surface area contributed by atoms with Crippen LogP contribution in [-0.4, -0.2) is 40.3 Å². The van der Waals surface area contributed by atoms with Crippen LogP contribution in [0, 0.1) is 12.7 Å². The number of aromatic nitrogens is 1. The maximum Gasteiger partial charge on any atom is 0.126 e. The molecule has 23 heavy (non-hydrogen) atoms. The Bertz CT molecular complexity index is 680. The molecule has 0 aliphatic carbocycles. The summed E-state index contributed by atoms with van der Waals surface area (Å²) in [5.41, 5.74) is 1.09. The van der Waals surface area contributed by atoms with E-state index in [0.29, 0.717) is 25.3 Å². The second-order valence-electron chi connectivity index (χ2n) is 6.20. The fourth-order valence-electron chi connectivity index (χ4n) is 2.88. The van der Waals surface area contributed by atoms with Crippen LogP contribution in [0.4, 0.5) is 4.39 Å². The first-order valence-corrected chi connectivity index (χ1v) is 7.78. The number of likely N-dealkylation sites (tertiary alicyclic amines) is 1. The summed E-state index contributed by atoms with van der Waals surface area (Å²) in [7, 11) is 0. The van der Waals surface area contributed by atoms with Gasteiger partial charge in [-0.1, -0.05) is 12.1 Å². The average molecular weight is 316 g/mol. The highest BCUT2D eigenvalue weighted by atomic mass is 19.1. The van der Waals surface area contributed by atoms with Gasteiger partial charge in [-0.15, -0.1) is 0 Å². The van der Waals surface area contributed by atoms with Crippen LogP contribution in [-0.2, 0) is 6.54 Å². The number of halogens is 1. The van der Waals surface area contributed by atoms with Crippen LogP contribution in [0.2, 0.25) is 0 Å². The predicted molar refractivity (Wildman–Crippen MR) is 85.7 cm³/mol. The molecule has 1 fully saturated rings. The van der Waals surface area contributed by atoms with Gasteiger partial charge >= 0.3 is 0 Å². The summed E-state index contributed by atoms with van der Waals surface area (Å²) in [6, 6.07) is 11.9. The van der Waals surface area contributed by atoms with Crippen molar-refractivity contribution >= 4 is 0 Å². The standard InChI is InChI=1S/C18H21FN2O2/c1-14-4-2-6-16(20-14)11-21-9-8-18(22,12-21)13-23-17-7-3-5-15(19)10-17/h2-7,10,22H,8-9,11-13H2,1H3/t18-/m0/s1. The van der Waals surface area contributed by atoms with E-state index in [0.717, 1.165) is 17.9 Å². The SMILES string of the molecule is Cc1cccc(CN2CC[C@@](O)(COc3cccc(F)c3)C2)n1. The molecule has 5 heteroatoms. The van der Waals surface area contributed by atoms with E-state index in [2.05, 4.69) is 9.88 Å². The van der Waals surface area contributed by atoms with Crippen molar-refractivity contribution in [1.29, 1.82) is 0 Å². The summed E-state index contributed by atoms with van der Waals surface area (Å²) in [5.74, 6) is 0.102. The van der Waals surface area contributed by atoms with E-state index < -0.39 is 5.60 Å². The van der Waals surface area contributed by atoms with E-state index in [9.17, 15) is 9.50 Å². The van der Waals surface area contributed by atoms with Crippen molar-refractivity contribution in [3.63, 3.8) is 0 Å². The Hall–Kier alpha value is -1.98. The molecule has 3 rings (SSSR count). The molecule has 0 amide bonds. The third-order valence-corrected chi connectivity index (χ3v) is 4.05. The van der Waals surface area contributed by atoms with Crippen LogP contribution < -0.4 is 4.74 Å². The zero-order chi connectivity index (χ0) is 16.3. The number of benzene rings is 1. The van der Waals surface area contributed by atoms with Crippen molar-refractivity contribution in [3.05, 3.63) is 59.7 Å². The van der Waals surface area contributed by atoms with Gasteiger partial charge in [0.05, 0.1) is 5.69 Å². The van der Waals surface area contributed by atoms with Gasteiger partial charge in [-0.3, -0.25) is 9.88 Å². The van der Waals surface area contributed by atoms with Crippen LogP contribution in [0.15, 0.2) is 42.5 Å². The lowest BCUT2D eigenvalue weighted by atomic mass is 10.1. The number of hydrogen-bond donors (Lipinski definition) is 1. The summed E-state index contributed by atoms with van der Waals surface area (Å²) in [6.07, 6.45) is 0.633. The summed E-state index contributed by atoms with van der Waals surface area (Å²) in [4.78, 5) is 6.65. The van der Waals surface area contributed by atoms with Gasteiger partial charge in [0, 0.05) is 31.4 Å². The number of hydrogen-bond acceptors (Lipinski definition) is 4. The van der Waals surface area contributed by atoms with Gasteiger partial charge in [0.2, 0.25) is 0 Å². The van der Waals surface area contributed by atoms with Gasteiger partial charge in [0.1, 0.15) is 23.8 Å². The highest BCUT2D eigenvalue weighted by Gasteiger charge is 2.37. The normalized spacial score (nSPS) is 21.5. The molecule has 0 bridgehead atoms. The molecule has 0 spiro atoms. The Kier molecular flexibility index (Phi) is 4.59. The summed E-state index contributed by atoms with van der Waals surface area (Å²) in [6.45, 7) is 4.16. The van der Waals surface area contributed by atoms with Gasteiger partial charge in [0.25, 0.3) is 0 Å². The molecule has 2 aromatic rings. The molecule has 4 nitrogen and oxygen atoms in total. The summed E-state index contributed by atoms with van der Waals surface area (Å²) >= 11 is 0. The van der Waals surface area contributed by atoms with E-state index in [1.165, 1.54) is 12.1 Å². The Morgan fingerprint density at radius 1 is 1.30 bits per heavy atom. The van der Waals surface area contributed by atoms with Crippen LogP contribution in [0.25, 0.3) is 0 Å². The third kappa shape index (κ3) is 4.27. The minimum absolute atomic E-state index is 0.161. The number of nitrogens with zero attached hydrogens (tertiary/aromatic N) is 2. The number of pyridine rings is 1. The zero-order valence-corrected chi connectivity index (χ0v) is 13.2. The van der Waals surface area contributed by atoms with Gasteiger partial charge in [-0.05, 0) is 37.6 Å². The lowest BCUT2D eigenvalue weighted by molar-refractivity contribution is 0.00321. The van der Waals surface area contributed by atoms with Crippen molar-refractivity contribution in [2.24, 2.45) is 0 Å². The van der Waals surface area contributed by atoms with Crippen molar-refractivity contribution in [1.82, 2.24) is 9.88 Å². The van der Waals surface area contributed by atoms with Crippen LogP contribution in [0.5, 0.6) is 5.75 Å². The van der Waals surface area contributed by atoms with Gasteiger partial charge in [-0.2, -0.15) is 0 Å². The molecule has 0 radical (unpaired) electrons.